The van der Waals surface area contributed by atoms with Crippen molar-refractivity contribution in [2.45, 2.75) is 31.3 Å². The summed E-state index contributed by atoms with van der Waals surface area (Å²) in [7, 11) is 0. The summed E-state index contributed by atoms with van der Waals surface area (Å²) in [5.74, 6) is -0.250. The summed E-state index contributed by atoms with van der Waals surface area (Å²) in [5, 5.41) is 9.61. The van der Waals surface area contributed by atoms with E-state index in [9.17, 15) is 4.79 Å². The maximum atomic E-state index is 11.1. The van der Waals surface area contributed by atoms with Crippen LogP contribution < -0.4 is 5.73 Å². The number of rotatable bonds is 5. The van der Waals surface area contributed by atoms with E-state index in [0.717, 1.165) is 12.0 Å². The normalized spacial score (nSPS) is 12.4. The van der Waals surface area contributed by atoms with Crippen molar-refractivity contribution in [2.24, 2.45) is 0 Å². The number of benzene rings is 1. The minimum absolute atomic E-state index is 0.248. The molecule has 1 aromatic rings. The zero-order chi connectivity index (χ0) is 12.1. The molecular weight excluding hydrogens is 222 g/mol. The summed E-state index contributed by atoms with van der Waals surface area (Å²) < 4.78 is 0. The minimum atomic E-state index is -0.946. The molecule has 4 heteroatoms. The summed E-state index contributed by atoms with van der Waals surface area (Å²) in [5.41, 5.74) is 7.07. The lowest BCUT2D eigenvalue weighted by Gasteiger charge is -2.11. The van der Waals surface area contributed by atoms with Crippen LogP contribution >= 0.6 is 11.8 Å². The fourth-order valence-corrected chi connectivity index (χ4v) is 2.29. The lowest BCUT2D eigenvalue weighted by molar-refractivity contribution is 0.0697. The first-order valence-electron chi connectivity index (χ1n) is 5.28. The van der Waals surface area contributed by atoms with Gasteiger partial charge >= 0.3 is 5.97 Å². The fraction of sp³-hybridized carbons (Fsp3) is 0.417. The molecule has 0 fully saturated rings. The van der Waals surface area contributed by atoms with Crippen molar-refractivity contribution >= 4 is 23.4 Å². The summed E-state index contributed by atoms with van der Waals surface area (Å²) in [6.07, 6.45) is 1.08. The Balaban J connectivity index is 2.87. The van der Waals surface area contributed by atoms with Gasteiger partial charge in [-0.15, -0.1) is 0 Å². The number of hydrogen-bond acceptors (Lipinski definition) is 3. The third-order valence-electron chi connectivity index (χ3n) is 2.50. The van der Waals surface area contributed by atoms with E-state index in [1.807, 2.05) is 6.07 Å². The van der Waals surface area contributed by atoms with E-state index in [2.05, 4.69) is 13.8 Å². The molecule has 0 heterocycles. The number of thioether (sulfide) groups is 1. The van der Waals surface area contributed by atoms with Gasteiger partial charge < -0.3 is 10.8 Å². The maximum Gasteiger partial charge on any atom is 0.338 e. The highest BCUT2D eigenvalue weighted by Gasteiger charge is 2.13. The Labute approximate surface area is 100 Å². The Morgan fingerprint density at radius 2 is 2.25 bits per heavy atom. The van der Waals surface area contributed by atoms with Gasteiger partial charge in [-0.1, -0.05) is 26.0 Å². The van der Waals surface area contributed by atoms with E-state index in [1.165, 1.54) is 0 Å². The van der Waals surface area contributed by atoms with Gasteiger partial charge in [0, 0.05) is 16.7 Å². The predicted molar refractivity (Wildman–Crippen MR) is 68.9 cm³/mol. The molecule has 0 saturated carbocycles. The Morgan fingerprint density at radius 3 is 2.81 bits per heavy atom. The molecule has 0 radical (unpaired) electrons. The van der Waals surface area contributed by atoms with Crippen molar-refractivity contribution in [3.05, 3.63) is 29.3 Å². The van der Waals surface area contributed by atoms with Crippen molar-refractivity contribution in [3.8, 4) is 0 Å². The largest absolute Gasteiger partial charge is 0.478 e. The number of carboxylic acid groups (broad SMARTS) is 1. The van der Waals surface area contributed by atoms with Gasteiger partial charge in [0.2, 0.25) is 0 Å². The smallest absolute Gasteiger partial charge is 0.338 e. The van der Waals surface area contributed by atoms with Crippen molar-refractivity contribution < 1.29 is 9.90 Å². The Kier molecular flexibility index (Phi) is 4.68. The van der Waals surface area contributed by atoms with Crippen LogP contribution in [0.15, 0.2) is 18.2 Å². The number of carboxylic acids is 1. The van der Waals surface area contributed by atoms with Crippen LogP contribution in [0, 0.1) is 0 Å². The SMILES string of the molecule is CCC(C)SCc1cccc(N)c1C(=O)O. The van der Waals surface area contributed by atoms with E-state index >= 15 is 0 Å². The molecule has 0 amide bonds. The number of nitrogens with two attached hydrogens (primary N) is 1. The first kappa shape index (κ1) is 12.9. The first-order chi connectivity index (χ1) is 7.56. The van der Waals surface area contributed by atoms with Crippen LogP contribution in [0.3, 0.4) is 0 Å². The molecule has 0 saturated heterocycles. The van der Waals surface area contributed by atoms with Crippen LogP contribution in [-0.4, -0.2) is 16.3 Å². The number of aromatic carboxylic acids is 1. The van der Waals surface area contributed by atoms with Crippen molar-refractivity contribution in [3.63, 3.8) is 0 Å². The third-order valence-corrected chi connectivity index (χ3v) is 3.88. The van der Waals surface area contributed by atoms with Crippen LogP contribution in [0.2, 0.25) is 0 Å². The van der Waals surface area contributed by atoms with Gasteiger partial charge in [-0.2, -0.15) is 11.8 Å². The number of hydrogen-bond donors (Lipinski definition) is 2. The van der Waals surface area contributed by atoms with E-state index in [1.54, 1.807) is 23.9 Å². The maximum absolute atomic E-state index is 11.1. The lowest BCUT2D eigenvalue weighted by atomic mass is 10.1. The van der Waals surface area contributed by atoms with Gasteiger partial charge in [0.1, 0.15) is 0 Å². The van der Waals surface area contributed by atoms with Gasteiger partial charge in [0.05, 0.1) is 5.56 Å². The molecule has 1 atom stereocenters. The summed E-state index contributed by atoms with van der Waals surface area (Å²) in [6.45, 7) is 4.26. The predicted octanol–water partition coefficient (Wildman–Crippen LogP) is 3.00. The standard InChI is InChI=1S/C12H17NO2S/c1-3-8(2)16-7-9-5-4-6-10(13)11(9)12(14)15/h4-6,8H,3,7,13H2,1-2H3,(H,14,15). The topological polar surface area (TPSA) is 63.3 Å². The second-order valence-corrected chi connectivity index (χ2v) is 5.14. The van der Waals surface area contributed by atoms with E-state index in [-0.39, 0.29) is 5.56 Å². The van der Waals surface area contributed by atoms with Crippen molar-refractivity contribution in [1.82, 2.24) is 0 Å². The molecule has 0 aliphatic carbocycles. The summed E-state index contributed by atoms with van der Waals surface area (Å²) in [6, 6.07) is 5.25. The van der Waals surface area contributed by atoms with Gasteiger partial charge in [-0.25, -0.2) is 4.79 Å². The molecular formula is C12H17NO2S. The molecule has 3 N–H and O–H groups in total. The van der Waals surface area contributed by atoms with Crippen LogP contribution in [0.4, 0.5) is 5.69 Å². The minimum Gasteiger partial charge on any atom is -0.478 e. The van der Waals surface area contributed by atoms with Gasteiger partial charge in [0.15, 0.2) is 0 Å². The molecule has 0 aliphatic rings. The van der Waals surface area contributed by atoms with Crippen molar-refractivity contribution in [1.29, 1.82) is 0 Å². The van der Waals surface area contributed by atoms with E-state index in [4.69, 9.17) is 10.8 Å². The molecule has 0 aromatic heterocycles. The number of nitrogen functional groups attached to an aromatic ring is 1. The Bertz CT molecular complexity index is 379. The molecule has 16 heavy (non-hydrogen) atoms. The molecule has 0 spiro atoms. The monoisotopic (exact) mass is 239 g/mol. The zero-order valence-electron chi connectivity index (χ0n) is 9.56. The molecule has 0 aliphatic heterocycles. The van der Waals surface area contributed by atoms with E-state index in [0.29, 0.717) is 16.7 Å². The second kappa shape index (κ2) is 5.80. The molecule has 1 aromatic carbocycles. The highest BCUT2D eigenvalue weighted by molar-refractivity contribution is 7.99. The van der Waals surface area contributed by atoms with Crippen LogP contribution in [0.25, 0.3) is 0 Å². The van der Waals surface area contributed by atoms with Crippen LogP contribution in [0.1, 0.15) is 36.2 Å². The Morgan fingerprint density at radius 1 is 1.56 bits per heavy atom. The molecule has 1 rings (SSSR count). The highest BCUT2D eigenvalue weighted by atomic mass is 32.2. The molecule has 1 unspecified atom stereocenters. The quantitative estimate of drug-likeness (QED) is 0.775. The van der Waals surface area contributed by atoms with Crippen LogP contribution in [-0.2, 0) is 5.75 Å². The zero-order valence-corrected chi connectivity index (χ0v) is 10.4. The molecule has 88 valence electrons. The lowest BCUT2D eigenvalue weighted by Crippen LogP contribution is -2.07. The first-order valence-corrected chi connectivity index (χ1v) is 6.33. The molecule has 3 nitrogen and oxygen atoms in total. The van der Waals surface area contributed by atoms with E-state index < -0.39 is 5.97 Å². The second-order valence-electron chi connectivity index (χ2n) is 3.72. The van der Waals surface area contributed by atoms with Crippen molar-refractivity contribution in [2.75, 3.05) is 5.73 Å². The van der Waals surface area contributed by atoms with Crippen LogP contribution in [0.5, 0.6) is 0 Å². The van der Waals surface area contributed by atoms with Gasteiger partial charge in [-0.05, 0) is 18.1 Å². The highest BCUT2D eigenvalue weighted by Crippen LogP contribution is 2.25. The fourth-order valence-electron chi connectivity index (χ4n) is 1.35. The molecule has 0 bridgehead atoms. The number of anilines is 1. The Hall–Kier alpha value is -1.16. The summed E-state index contributed by atoms with van der Waals surface area (Å²) >= 11 is 1.75. The summed E-state index contributed by atoms with van der Waals surface area (Å²) in [4.78, 5) is 11.1. The van der Waals surface area contributed by atoms with Gasteiger partial charge in [0.25, 0.3) is 0 Å². The average molecular weight is 239 g/mol. The van der Waals surface area contributed by atoms with Gasteiger partial charge in [-0.3, -0.25) is 0 Å². The third kappa shape index (κ3) is 3.17. The average Bonchev–Trinajstić information content (AvgIpc) is 2.25. The number of carbonyl (C=O) groups is 1.